The van der Waals surface area contributed by atoms with Crippen molar-refractivity contribution < 1.29 is 14.4 Å². The molecular formula is C34H27ClN4O3S2. The van der Waals surface area contributed by atoms with Gasteiger partial charge < -0.3 is 16.0 Å². The zero-order valence-corrected chi connectivity index (χ0v) is 25.9. The van der Waals surface area contributed by atoms with Gasteiger partial charge in [0.05, 0.1) is 11.4 Å². The number of benzene rings is 4. The number of thiazole rings is 1. The van der Waals surface area contributed by atoms with Crippen LogP contribution in [-0.4, -0.2) is 28.5 Å². The van der Waals surface area contributed by atoms with Gasteiger partial charge in [0.15, 0.2) is 5.13 Å². The molecule has 0 aliphatic carbocycles. The Labute approximate surface area is 268 Å². The van der Waals surface area contributed by atoms with Crippen molar-refractivity contribution in [2.75, 3.05) is 16.4 Å². The average Bonchev–Trinajstić information content (AvgIpc) is 3.50. The van der Waals surface area contributed by atoms with Gasteiger partial charge in [-0.2, -0.15) is 0 Å². The summed E-state index contributed by atoms with van der Waals surface area (Å²) in [4.78, 5) is 44.1. The molecule has 1 heterocycles. The molecule has 10 heteroatoms. The molecule has 0 aliphatic heterocycles. The minimum atomic E-state index is -0.461. The van der Waals surface area contributed by atoms with Gasteiger partial charge in [0.1, 0.15) is 5.70 Å². The monoisotopic (exact) mass is 638 g/mol. The van der Waals surface area contributed by atoms with E-state index in [9.17, 15) is 14.4 Å². The highest BCUT2D eigenvalue weighted by Crippen LogP contribution is 2.30. The van der Waals surface area contributed by atoms with Gasteiger partial charge in [-0.3, -0.25) is 14.4 Å². The van der Waals surface area contributed by atoms with Crippen LogP contribution in [0.1, 0.15) is 21.5 Å². The van der Waals surface area contributed by atoms with Crippen LogP contribution in [0.2, 0.25) is 5.02 Å². The molecule has 0 aliphatic rings. The summed E-state index contributed by atoms with van der Waals surface area (Å²) in [5.41, 5.74) is 4.40. The average molecular weight is 639 g/mol. The molecule has 0 fully saturated rings. The number of carbonyl (C=O) groups is 3. The maximum atomic E-state index is 13.3. The summed E-state index contributed by atoms with van der Waals surface area (Å²) < 4.78 is 0. The van der Waals surface area contributed by atoms with Crippen molar-refractivity contribution in [3.05, 3.63) is 136 Å². The molecule has 0 unspecified atom stereocenters. The summed E-state index contributed by atoms with van der Waals surface area (Å²) in [7, 11) is 0. The lowest BCUT2D eigenvalue weighted by Gasteiger charge is -2.12. The van der Waals surface area contributed by atoms with E-state index >= 15 is 0 Å². The third kappa shape index (κ3) is 8.23. The standard InChI is InChI=1S/C34H27ClN4O3S2/c1-22-9-5-6-12-24(22)19-29(37-32(41)23-10-3-2-4-11-23)33(42)36-25-15-17-26(18-16-25)43-21-31(40)39-34-38-30(20-44-34)27-13-7-8-14-28(27)35/h2-20H,21H2,1H3,(H,36,42)(H,37,41)(H,38,39,40)/b29-19-. The van der Waals surface area contributed by atoms with E-state index in [1.165, 1.54) is 23.1 Å². The Balaban J connectivity index is 1.19. The van der Waals surface area contributed by atoms with Crippen LogP contribution in [0.15, 0.2) is 119 Å². The highest BCUT2D eigenvalue weighted by molar-refractivity contribution is 8.00. The summed E-state index contributed by atoms with van der Waals surface area (Å²) in [5.74, 6) is -0.852. The van der Waals surface area contributed by atoms with E-state index in [2.05, 4.69) is 20.9 Å². The largest absolute Gasteiger partial charge is 0.321 e. The Hall–Kier alpha value is -4.70. The fourth-order valence-corrected chi connectivity index (χ4v) is 5.77. The second kappa shape index (κ2) is 14.7. The van der Waals surface area contributed by atoms with Crippen LogP contribution in [0, 0.1) is 6.92 Å². The SMILES string of the molecule is Cc1ccccc1/C=C(\NC(=O)c1ccccc1)C(=O)Nc1ccc(SCC(=O)Nc2nc(-c3ccccc3Cl)cs2)cc1. The van der Waals surface area contributed by atoms with Crippen molar-refractivity contribution in [2.45, 2.75) is 11.8 Å². The van der Waals surface area contributed by atoms with E-state index in [-0.39, 0.29) is 23.3 Å². The van der Waals surface area contributed by atoms with Gasteiger partial charge in [0.25, 0.3) is 11.8 Å². The van der Waals surface area contributed by atoms with Crippen LogP contribution >= 0.6 is 34.7 Å². The van der Waals surface area contributed by atoms with Crippen molar-refractivity contribution in [3.8, 4) is 11.3 Å². The highest BCUT2D eigenvalue weighted by atomic mass is 35.5. The topological polar surface area (TPSA) is 100 Å². The smallest absolute Gasteiger partial charge is 0.272 e. The maximum absolute atomic E-state index is 13.3. The molecule has 3 amide bonds. The van der Waals surface area contributed by atoms with Crippen LogP contribution in [0.25, 0.3) is 17.3 Å². The van der Waals surface area contributed by atoms with Crippen molar-refractivity contribution >= 4 is 69.3 Å². The third-order valence-corrected chi connectivity index (χ3v) is 8.50. The van der Waals surface area contributed by atoms with Crippen molar-refractivity contribution in [3.63, 3.8) is 0 Å². The maximum Gasteiger partial charge on any atom is 0.272 e. The fraction of sp³-hybridized carbons (Fsp3) is 0.0588. The van der Waals surface area contributed by atoms with Gasteiger partial charge >= 0.3 is 0 Å². The van der Waals surface area contributed by atoms with E-state index < -0.39 is 5.91 Å². The van der Waals surface area contributed by atoms with Gasteiger partial charge in [-0.05, 0) is 66.6 Å². The number of rotatable bonds is 10. The zero-order chi connectivity index (χ0) is 30.9. The van der Waals surface area contributed by atoms with Gasteiger partial charge in [0, 0.05) is 32.1 Å². The number of aryl methyl sites for hydroxylation is 1. The van der Waals surface area contributed by atoms with Crippen LogP contribution in [0.5, 0.6) is 0 Å². The normalized spacial score (nSPS) is 11.1. The molecule has 0 radical (unpaired) electrons. The quantitative estimate of drug-likeness (QED) is 0.107. The Morgan fingerprint density at radius 2 is 1.57 bits per heavy atom. The predicted molar refractivity (Wildman–Crippen MR) is 180 cm³/mol. The number of hydrogen-bond acceptors (Lipinski definition) is 6. The summed E-state index contributed by atoms with van der Waals surface area (Å²) in [5, 5.41) is 11.4. The number of amides is 3. The number of halogens is 1. The van der Waals surface area contributed by atoms with Gasteiger partial charge in [-0.15, -0.1) is 23.1 Å². The Morgan fingerprint density at radius 3 is 2.32 bits per heavy atom. The molecule has 5 aromatic rings. The first kappa shape index (κ1) is 30.7. The summed E-state index contributed by atoms with van der Waals surface area (Å²) in [6, 6.07) is 30.9. The molecule has 4 aromatic carbocycles. The van der Waals surface area contributed by atoms with E-state index in [4.69, 9.17) is 11.6 Å². The van der Waals surface area contributed by atoms with Gasteiger partial charge in [-0.1, -0.05) is 72.3 Å². The van der Waals surface area contributed by atoms with E-state index in [1.54, 1.807) is 48.5 Å². The Kier molecular flexibility index (Phi) is 10.2. The molecule has 7 nitrogen and oxygen atoms in total. The highest BCUT2D eigenvalue weighted by Gasteiger charge is 2.16. The number of nitrogens with zero attached hydrogens (tertiary/aromatic N) is 1. The summed E-state index contributed by atoms with van der Waals surface area (Å²) in [6.45, 7) is 1.94. The first-order valence-electron chi connectivity index (χ1n) is 13.5. The predicted octanol–water partition coefficient (Wildman–Crippen LogP) is 7.91. The number of nitrogens with one attached hydrogen (secondary N) is 3. The molecule has 44 heavy (non-hydrogen) atoms. The van der Waals surface area contributed by atoms with Crippen LogP contribution < -0.4 is 16.0 Å². The van der Waals surface area contributed by atoms with Gasteiger partial charge in [0.2, 0.25) is 5.91 Å². The first-order valence-corrected chi connectivity index (χ1v) is 15.8. The Morgan fingerprint density at radius 1 is 0.864 bits per heavy atom. The lowest BCUT2D eigenvalue weighted by atomic mass is 10.1. The number of aromatic nitrogens is 1. The minimum absolute atomic E-state index is 0.114. The Bertz CT molecular complexity index is 1820. The molecule has 0 atom stereocenters. The molecule has 0 saturated carbocycles. The zero-order valence-electron chi connectivity index (χ0n) is 23.5. The molecule has 0 saturated heterocycles. The molecule has 5 rings (SSSR count). The lowest BCUT2D eigenvalue weighted by molar-refractivity contribution is -0.114. The van der Waals surface area contributed by atoms with Crippen LogP contribution in [0.3, 0.4) is 0 Å². The summed E-state index contributed by atoms with van der Waals surface area (Å²) in [6.07, 6.45) is 1.66. The molecule has 1 aromatic heterocycles. The van der Waals surface area contributed by atoms with Crippen LogP contribution in [0.4, 0.5) is 10.8 Å². The molecule has 0 spiro atoms. The van der Waals surface area contributed by atoms with E-state index in [0.29, 0.717) is 27.1 Å². The second-order valence-corrected chi connectivity index (χ2v) is 11.9. The van der Waals surface area contributed by atoms with Crippen molar-refractivity contribution in [1.82, 2.24) is 10.3 Å². The molecule has 3 N–H and O–H groups in total. The minimum Gasteiger partial charge on any atom is -0.321 e. The third-order valence-electron chi connectivity index (χ3n) is 6.40. The number of anilines is 2. The molecule has 0 bridgehead atoms. The van der Waals surface area contributed by atoms with Crippen molar-refractivity contribution in [2.24, 2.45) is 0 Å². The first-order chi connectivity index (χ1) is 21.4. The summed E-state index contributed by atoms with van der Waals surface area (Å²) >= 11 is 8.95. The number of thioether (sulfide) groups is 1. The van der Waals surface area contributed by atoms with E-state index in [1.807, 2.05) is 73.0 Å². The second-order valence-electron chi connectivity index (χ2n) is 9.57. The van der Waals surface area contributed by atoms with Gasteiger partial charge in [-0.25, -0.2) is 4.98 Å². The lowest BCUT2D eigenvalue weighted by Crippen LogP contribution is -2.30. The molecule has 220 valence electrons. The number of hydrogen-bond donors (Lipinski definition) is 3. The number of carbonyl (C=O) groups excluding carboxylic acids is 3. The van der Waals surface area contributed by atoms with Crippen molar-refractivity contribution in [1.29, 1.82) is 0 Å². The molecular weight excluding hydrogens is 612 g/mol. The van der Waals surface area contributed by atoms with E-state index in [0.717, 1.165) is 21.6 Å². The van der Waals surface area contributed by atoms with Crippen LogP contribution in [-0.2, 0) is 9.59 Å². The fourth-order valence-electron chi connectivity index (χ4n) is 4.11.